The van der Waals surface area contributed by atoms with Gasteiger partial charge in [0, 0.05) is 35.1 Å². The van der Waals surface area contributed by atoms with Crippen molar-refractivity contribution >= 4 is 45.4 Å². The van der Waals surface area contributed by atoms with E-state index >= 15 is 0 Å². The van der Waals surface area contributed by atoms with Crippen molar-refractivity contribution in [3.8, 4) is 0 Å². The predicted molar refractivity (Wildman–Crippen MR) is 103 cm³/mol. The van der Waals surface area contributed by atoms with Crippen molar-refractivity contribution in [1.29, 1.82) is 0 Å². The average Bonchev–Trinajstić information content (AvgIpc) is 3.11. The van der Waals surface area contributed by atoms with Gasteiger partial charge >= 0.3 is 6.08 Å². The summed E-state index contributed by atoms with van der Waals surface area (Å²) in [5.74, 6) is 0.842. The lowest BCUT2D eigenvalue weighted by Gasteiger charge is -2.10. The molecule has 0 saturated carbocycles. The molecule has 0 aliphatic heterocycles. The van der Waals surface area contributed by atoms with Crippen LogP contribution in [0, 0.1) is 9.65 Å². The van der Waals surface area contributed by atoms with Crippen LogP contribution in [0.3, 0.4) is 0 Å². The Morgan fingerprint density at radius 2 is 2.04 bits per heavy atom. The van der Waals surface area contributed by atoms with Crippen molar-refractivity contribution in [3.63, 3.8) is 0 Å². The number of hydrogen-bond acceptors (Lipinski definition) is 6. The van der Waals surface area contributed by atoms with Gasteiger partial charge in [0.25, 0.3) is 0 Å². The average molecular weight is 466 g/mol. The lowest BCUT2D eigenvalue weighted by atomic mass is 10.0. The third kappa shape index (κ3) is 2.84. The van der Waals surface area contributed by atoms with Crippen LogP contribution in [0.25, 0.3) is 11.2 Å². The second kappa shape index (κ2) is 6.54. The van der Waals surface area contributed by atoms with Gasteiger partial charge < -0.3 is 16.0 Å². The summed E-state index contributed by atoms with van der Waals surface area (Å²) in [6.07, 6.45) is 0.932. The first-order valence-electron chi connectivity index (χ1n) is 8.20. The molecule has 4 rings (SSSR count). The number of nitrogen functional groups attached to an aromatic ring is 1. The number of imidazole rings is 1. The van der Waals surface area contributed by atoms with E-state index in [1.165, 1.54) is 0 Å². The third-order valence-corrected chi connectivity index (χ3v) is 5.57. The highest BCUT2D eigenvalue weighted by molar-refractivity contribution is 14.1. The Morgan fingerprint density at radius 3 is 2.81 bits per heavy atom. The number of nitrogens with two attached hydrogens (primary N) is 2. The molecular weight excluding hydrogens is 450 g/mol. The first kappa shape index (κ1) is 17.3. The van der Waals surface area contributed by atoms with Gasteiger partial charge in [-0.05, 0) is 52.3 Å². The SMILES string of the molecule is NCCn1c(Cc2cc3c(cc2I)CCC3=O)nc2c(N)nc(F)nc21. The molecule has 7 nitrogen and oxygen atoms in total. The highest BCUT2D eigenvalue weighted by atomic mass is 127. The molecule has 26 heavy (non-hydrogen) atoms. The van der Waals surface area contributed by atoms with Gasteiger partial charge in [-0.3, -0.25) is 4.79 Å². The Bertz CT molecular complexity index is 1050. The van der Waals surface area contributed by atoms with E-state index in [-0.39, 0.29) is 11.6 Å². The van der Waals surface area contributed by atoms with Gasteiger partial charge in [-0.25, -0.2) is 4.98 Å². The Hall–Kier alpha value is -2.14. The molecule has 1 aliphatic rings. The minimum atomic E-state index is -0.891. The van der Waals surface area contributed by atoms with E-state index in [2.05, 4.69) is 43.6 Å². The molecule has 9 heteroatoms. The number of carbonyl (C=O) groups is 1. The fourth-order valence-electron chi connectivity index (χ4n) is 3.35. The molecule has 1 aliphatic carbocycles. The van der Waals surface area contributed by atoms with Gasteiger partial charge in [-0.15, -0.1) is 0 Å². The lowest BCUT2D eigenvalue weighted by molar-refractivity contribution is 0.0994. The number of rotatable bonds is 4. The third-order valence-electron chi connectivity index (χ3n) is 4.57. The van der Waals surface area contributed by atoms with Crippen LogP contribution in [-0.4, -0.2) is 31.8 Å². The standard InChI is InChI=1S/C17H16FIN6O/c18-17-23-15(21)14-16(24-17)25(4-3-20)13(22-14)7-9-5-10-8(6-11(9)19)1-2-12(10)26/h5-6H,1-4,7,20H2,(H2,21,23,24). The van der Waals surface area contributed by atoms with E-state index in [4.69, 9.17) is 11.5 Å². The number of carbonyl (C=O) groups excluding carboxylic acids is 1. The number of ketones is 1. The number of hydrogen-bond donors (Lipinski definition) is 2. The molecule has 0 amide bonds. The zero-order valence-corrected chi connectivity index (χ0v) is 16.0. The fourth-order valence-corrected chi connectivity index (χ4v) is 4.08. The highest BCUT2D eigenvalue weighted by Gasteiger charge is 2.23. The van der Waals surface area contributed by atoms with Crippen LogP contribution in [0.4, 0.5) is 10.2 Å². The van der Waals surface area contributed by atoms with Crippen LogP contribution in [0.5, 0.6) is 0 Å². The van der Waals surface area contributed by atoms with Crippen LogP contribution >= 0.6 is 22.6 Å². The molecule has 134 valence electrons. The molecular formula is C17H16FIN6O. The molecule has 2 aromatic heterocycles. The summed E-state index contributed by atoms with van der Waals surface area (Å²) in [4.78, 5) is 24.0. The summed E-state index contributed by atoms with van der Waals surface area (Å²) in [6.45, 7) is 0.784. The first-order valence-corrected chi connectivity index (χ1v) is 9.28. The number of halogens is 2. The van der Waals surface area contributed by atoms with Gasteiger partial charge in [-0.1, -0.05) is 0 Å². The number of aromatic nitrogens is 4. The van der Waals surface area contributed by atoms with Crippen LogP contribution in [0.1, 0.15) is 33.7 Å². The second-order valence-electron chi connectivity index (χ2n) is 6.22. The van der Waals surface area contributed by atoms with Crippen molar-refractivity contribution in [2.45, 2.75) is 25.8 Å². The highest BCUT2D eigenvalue weighted by Crippen LogP contribution is 2.29. The Kier molecular flexibility index (Phi) is 4.35. The quantitative estimate of drug-likeness (QED) is 0.448. The van der Waals surface area contributed by atoms with Gasteiger partial charge in [0.2, 0.25) is 0 Å². The minimum absolute atomic E-state index is 0.00310. The molecule has 0 saturated heterocycles. The maximum Gasteiger partial charge on any atom is 0.312 e. The number of anilines is 1. The number of Topliss-reactive ketones (excluding diaryl/α,β-unsaturated/α-hetero) is 1. The molecule has 0 bridgehead atoms. The zero-order chi connectivity index (χ0) is 18.4. The van der Waals surface area contributed by atoms with Gasteiger partial charge in [0.05, 0.1) is 0 Å². The number of benzene rings is 1. The molecule has 0 atom stereocenters. The van der Waals surface area contributed by atoms with Crippen LogP contribution in [0.15, 0.2) is 12.1 Å². The van der Waals surface area contributed by atoms with Crippen molar-refractivity contribution in [2.75, 3.05) is 12.3 Å². The summed E-state index contributed by atoms with van der Waals surface area (Å²) in [7, 11) is 0. The minimum Gasteiger partial charge on any atom is -0.382 e. The maximum atomic E-state index is 13.6. The molecule has 1 aromatic carbocycles. The van der Waals surface area contributed by atoms with Crippen molar-refractivity contribution in [2.24, 2.45) is 5.73 Å². The maximum absolute atomic E-state index is 13.6. The largest absolute Gasteiger partial charge is 0.382 e. The fraction of sp³-hybridized carbons (Fsp3) is 0.294. The molecule has 0 fully saturated rings. The molecule has 3 aromatic rings. The second-order valence-corrected chi connectivity index (χ2v) is 7.38. The summed E-state index contributed by atoms with van der Waals surface area (Å²) in [5.41, 5.74) is 15.1. The number of aryl methyl sites for hydroxylation is 1. The predicted octanol–water partition coefficient (Wildman–Crippen LogP) is 1.83. The number of fused-ring (bicyclic) bond motifs is 2. The van der Waals surface area contributed by atoms with Crippen molar-refractivity contribution < 1.29 is 9.18 Å². The van der Waals surface area contributed by atoms with E-state index in [0.29, 0.717) is 42.9 Å². The summed E-state index contributed by atoms with van der Waals surface area (Å²) >= 11 is 2.27. The summed E-state index contributed by atoms with van der Waals surface area (Å²) in [5, 5.41) is 0. The van der Waals surface area contributed by atoms with Gasteiger partial charge in [0.15, 0.2) is 22.8 Å². The normalized spacial score (nSPS) is 13.6. The smallest absolute Gasteiger partial charge is 0.312 e. The summed E-state index contributed by atoms with van der Waals surface area (Å²) < 4.78 is 16.4. The molecule has 0 unspecified atom stereocenters. The van der Waals surface area contributed by atoms with Gasteiger partial charge in [0.1, 0.15) is 5.82 Å². The van der Waals surface area contributed by atoms with E-state index in [1.54, 1.807) is 4.57 Å². The monoisotopic (exact) mass is 466 g/mol. The van der Waals surface area contributed by atoms with Crippen LogP contribution in [-0.2, 0) is 19.4 Å². The van der Waals surface area contributed by atoms with Crippen LogP contribution in [0.2, 0.25) is 0 Å². The molecule has 2 heterocycles. The van der Waals surface area contributed by atoms with Crippen molar-refractivity contribution in [3.05, 3.63) is 44.3 Å². The molecule has 0 radical (unpaired) electrons. The Labute approximate surface area is 162 Å². The van der Waals surface area contributed by atoms with Crippen molar-refractivity contribution in [1.82, 2.24) is 19.5 Å². The van der Waals surface area contributed by atoms with E-state index < -0.39 is 6.08 Å². The van der Waals surface area contributed by atoms with E-state index in [9.17, 15) is 9.18 Å². The Morgan fingerprint density at radius 1 is 1.23 bits per heavy atom. The topological polar surface area (TPSA) is 113 Å². The summed E-state index contributed by atoms with van der Waals surface area (Å²) in [6, 6.07) is 3.99. The van der Waals surface area contributed by atoms with E-state index in [0.717, 1.165) is 26.7 Å². The zero-order valence-electron chi connectivity index (χ0n) is 13.8. The first-order chi connectivity index (χ1) is 12.5. The lowest BCUT2D eigenvalue weighted by Crippen LogP contribution is -2.14. The number of nitrogens with zero attached hydrogens (tertiary/aromatic N) is 4. The molecule has 4 N–H and O–H groups in total. The van der Waals surface area contributed by atoms with E-state index in [1.807, 2.05) is 6.07 Å². The molecule has 0 spiro atoms. The Balaban J connectivity index is 1.83. The van der Waals surface area contributed by atoms with Gasteiger partial charge in [-0.2, -0.15) is 14.4 Å². The van der Waals surface area contributed by atoms with Crippen LogP contribution < -0.4 is 11.5 Å².